The predicted octanol–water partition coefficient (Wildman–Crippen LogP) is 2.67. The molecule has 3 nitrogen and oxygen atoms in total. The van der Waals surface area contributed by atoms with Crippen LogP contribution in [0.15, 0.2) is 26.8 Å². The smallest absolute Gasteiger partial charge is 0.336 e. The van der Waals surface area contributed by atoms with E-state index in [0.717, 1.165) is 6.54 Å². The van der Waals surface area contributed by atoms with Crippen LogP contribution in [-0.4, -0.2) is 23.8 Å². The van der Waals surface area contributed by atoms with Gasteiger partial charge in [-0.1, -0.05) is 36.4 Å². The van der Waals surface area contributed by atoms with E-state index in [0.29, 0.717) is 5.92 Å². The Morgan fingerprint density at radius 1 is 1.57 bits per heavy atom. The number of aliphatic carboxylic acids is 1. The molecular weight excluding hydrogens is 293 g/mol. The van der Waals surface area contributed by atoms with Gasteiger partial charge in [-0.15, -0.1) is 0 Å². The van der Waals surface area contributed by atoms with Gasteiger partial charge in [0.25, 0.3) is 0 Å². The summed E-state index contributed by atoms with van der Waals surface area (Å²) < 4.78 is 1.52. The molecule has 0 spiro atoms. The third-order valence-corrected chi connectivity index (χ3v) is 1.97. The van der Waals surface area contributed by atoms with Gasteiger partial charge in [0.15, 0.2) is 0 Å². The van der Waals surface area contributed by atoms with Gasteiger partial charge in [0.2, 0.25) is 0 Å². The molecule has 14 heavy (non-hydrogen) atoms. The third-order valence-electron chi connectivity index (χ3n) is 1.30. The molecule has 0 aliphatic rings. The molecule has 78 valence electrons. The van der Waals surface area contributed by atoms with Crippen LogP contribution >= 0.6 is 22.6 Å². The number of rotatable bonds is 5. The van der Waals surface area contributed by atoms with E-state index in [1.54, 1.807) is 12.3 Å². The number of hydrogen-bond acceptors (Lipinski definition) is 2. The lowest BCUT2D eigenvalue weighted by molar-refractivity contribution is -0.132. The van der Waals surface area contributed by atoms with Crippen molar-refractivity contribution in [3.8, 4) is 0 Å². The van der Waals surface area contributed by atoms with Crippen LogP contribution < -0.4 is 0 Å². The Morgan fingerprint density at radius 3 is 2.64 bits per heavy atom. The largest absolute Gasteiger partial charge is 0.478 e. The lowest BCUT2D eigenvalue weighted by Gasteiger charge is -1.94. The van der Waals surface area contributed by atoms with E-state index in [9.17, 15) is 4.79 Å². The van der Waals surface area contributed by atoms with E-state index in [1.165, 1.54) is 10.2 Å². The molecule has 0 fully saturated rings. The first-order valence-corrected chi connectivity index (χ1v) is 5.52. The topological polar surface area (TPSA) is 49.7 Å². The first-order chi connectivity index (χ1) is 6.57. The summed E-state index contributed by atoms with van der Waals surface area (Å²) in [5.74, 6) is -0.397. The van der Waals surface area contributed by atoms with Gasteiger partial charge < -0.3 is 5.11 Å². The van der Waals surface area contributed by atoms with Crippen LogP contribution in [0.5, 0.6) is 0 Å². The van der Waals surface area contributed by atoms with Crippen molar-refractivity contribution in [3.05, 3.63) is 21.8 Å². The molecule has 0 aromatic rings. The van der Waals surface area contributed by atoms with Crippen molar-refractivity contribution in [2.24, 2.45) is 10.9 Å². The first-order valence-electron chi connectivity index (χ1n) is 4.28. The van der Waals surface area contributed by atoms with Gasteiger partial charge in [-0.05, 0) is 22.2 Å². The minimum absolute atomic E-state index is 0.265. The molecule has 0 radical (unpaired) electrons. The molecule has 0 aromatic heterocycles. The van der Waals surface area contributed by atoms with Crippen LogP contribution in [0.3, 0.4) is 0 Å². The second-order valence-electron chi connectivity index (χ2n) is 3.14. The summed E-state index contributed by atoms with van der Waals surface area (Å²) in [5, 5.41) is 8.65. The fourth-order valence-electron chi connectivity index (χ4n) is 0.634. The summed E-state index contributed by atoms with van der Waals surface area (Å²) in [6.07, 6.45) is 4.79. The van der Waals surface area contributed by atoms with E-state index in [-0.39, 0.29) is 5.57 Å². The minimum atomic E-state index is -0.923. The molecule has 0 unspecified atom stereocenters. The predicted molar refractivity (Wildman–Crippen MR) is 67.1 cm³/mol. The minimum Gasteiger partial charge on any atom is -0.478 e. The molecule has 0 amide bonds. The van der Waals surface area contributed by atoms with Crippen molar-refractivity contribution < 1.29 is 9.90 Å². The number of carboxylic acids is 1. The SMILES string of the molecule is CC(C)CN=C/C=C\C(=C/I)C(=O)O. The van der Waals surface area contributed by atoms with Crippen molar-refractivity contribution in [2.75, 3.05) is 6.54 Å². The summed E-state index contributed by atoms with van der Waals surface area (Å²) >= 11 is 1.90. The number of halogens is 1. The zero-order valence-corrected chi connectivity index (χ0v) is 10.4. The highest BCUT2D eigenvalue weighted by atomic mass is 127. The van der Waals surface area contributed by atoms with Gasteiger partial charge in [-0.3, -0.25) is 4.99 Å². The fraction of sp³-hybridized carbons (Fsp3) is 0.400. The van der Waals surface area contributed by atoms with Gasteiger partial charge in [-0.25, -0.2) is 4.79 Å². The normalized spacial score (nSPS) is 13.3. The lowest BCUT2D eigenvalue weighted by atomic mass is 10.2. The van der Waals surface area contributed by atoms with Crippen LogP contribution in [0.1, 0.15) is 13.8 Å². The second-order valence-corrected chi connectivity index (χ2v) is 3.76. The van der Waals surface area contributed by atoms with Crippen LogP contribution in [0, 0.1) is 5.92 Å². The molecule has 0 aromatic carbocycles. The molecule has 0 bridgehead atoms. The number of nitrogens with zero attached hydrogens (tertiary/aromatic N) is 1. The van der Waals surface area contributed by atoms with E-state index < -0.39 is 5.97 Å². The summed E-state index contributed by atoms with van der Waals surface area (Å²) in [7, 11) is 0. The van der Waals surface area contributed by atoms with Crippen LogP contribution in [0.4, 0.5) is 0 Å². The van der Waals surface area contributed by atoms with Gasteiger partial charge in [0.05, 0.1) is 5.57 Å². The maximum atomic E-state index is 10.5. The van der Waals surface area contributed by atoms with Gasteiger partial charge >= 0.3 is 5.97 Å². The van der Waals surface area contributed by atoms with Crippen LogP contribution in [-0.2, 0) is 4.79 Å². The maximum absolute atomic E-state index is 10.5. The number of hydrogen-bond donors (Lipinski definition) is 1. The van der Waals surface area contributed by atoms with E-state index in [4.69, 9.17) is 5.11 Å². The van der Waals surface area contributed by atoms with Crippen molar-refractivity contribution in [1.82, 2.24) is 0 Å². The van der Waals surface area contributed by atoms with Crippen molar-refractivity contribution in [3.63, 3.8) is 0 Å². The monoisotopic (exact) mass is 307 g/mol. The number of aliphatic imine (C=N–C) groups is 1. The summed E-state index contributed by atoms with van der Waals surface area (Å²) in [5.41, 5.74) is 0.265. The third kappa shape index (κ3) is 6.82. The molecule has 0 saturated heterocycles. The highest BCUT2D eigenvalue weighted by Crippen LogP contribution is 2.00. The van der Waals surface area contributed by atoms with Crippen LogP contribution in [0.2, 0.25) is 0 Å². The Bertz CT molecular complexity index is 267. The van der Waals surface area contributed by atoms with Crippen LogP contribution in [0.25, 0.3) is 0 Å². The maximum Gasteiger partial charge on any atom is 0.336 e. The number of allylic oxidation sites excluding steroid dienone is 1. The highest BCUT2D eigenvalue weighted by molar-refractivity contribution is 14.1. The Kier molecular flexibility index (Phi) is 7.37. The van der Waals surface area contributed by atoms with Crippen molar-refractivity contribution >= 4 is 34.8 Å². The fourth-order valence-corrected chi connectivity index (χ4v) is 1.11. The van der Waals surface area contributed by atoms with Gasteiger partial charge in [0, 0.05) is 12.8 Å². The first kappa shape index (κ1) is 13.4. The molecule has 0 saturated carbocycles. The van der Waals surface area contributed by atoms with E-state index in [2.05, 4.69) is 18.8 Å². The molecule has 0 rings (SSSR count). The van der Waals surface area contributed by atoms with Gasteiger partial charge in [-0.2, -0.15) is 0 Å². The quantitative estimate of drug-likeness (QED) is 0.367. The van der Waals surface area contributed by atoms with Gasteiger partial charge in [0.1, 0.15) is 0 Å². The van der Waals surface area contributed by atoms with Crippen molar-refractivity contribution in [1.29, 1.82) is 0 Å². The van der Waals surface area contributed by atoms with E-state index >= 15 is 0 Å². The highest BCUT2D eigenvalue weighted by Gasteiger charge is 1.99. The summed E-state index contributed by atoms with van der Waals surface area (Å²) in [6, 6.07) is 0. The van der Waals surface area contributed by atoms with Crippen molar-refractivity contribution in [2.45, 2.75) is 13.8 Å². The Labute approximate surface area is 97.8 Å². The zero-order valence-electron chi connectivity index (χ0n) is 8.27. The molecular formula is C10H14INO2. The van der Waals surface area contributed by atoms with E-state index in [1.807, 2.05) is 22.6 Å². The average molecular weight is 307 g/mol. The number of carboxylic acid groups (broad SMARTS) is 1. The molecule has 4 heteroatoms. The molecule has 0 atom stereocenters. The number of carbonyl (C=O) groups is 1. The summed E-state index contributed by atoms with van der Waals surface area (Å²) in [4.78, 5) is 14.6. The average Bonchev–Trinajstić information content (AvgIpc) is 2.10. The standard InChI is InChI=1S/C10H14INO2/c1-8(2)7-12-5-3-4-9(6-11)10(13)14/h3-6,8H,7H2,1-2H3,(H,13,14)/b4-3-,9-6+,12-5?. The molecule has 0 aliphatic heterocycles. The Balaban J connectivity index is 4.05. The summed E-state index contributed by atoms with van der Waals surface area (Å²) in [6.45, 7) is 4.92. The molecule has 0 aliphatic carbocycles. The Hall–Kier alpha value is -0.650. The second kappa shape index (κ2) is 7.73. The molecule has 0 heterocycles. The zero-order chi connectivity index (χ0) is 11.0. The Morgan fingerprint density at radius 2 is 2.21 bits per heavy atom. The molecule has 1 N–H and O–H groups in total. The lowest BCUT2D eigenvalue weighted by Crippen LogP contribution is -1.96.